The summed E-state index contributed by atoms with van der Waals surface area (Å²) in [4.78, 5) is 24.8. The fraction of sp³-hybridized carbons (Fsp3) is 0.579. The third kappa shape index (κ3) is 4.48. The van der Waals surface area contributed by atoms with Gasteiger partial charge in [0.25, 0.3) is 0 Å². The summed E-state index contributed by atoms with van der Waals surface area (Å²) in [6, 6.07) is 7.54. The standard InChI is InChI=1S/C19H27N3O3.ClH/c1-25-16-7-5-14(6-8-16)10-21-17(23)12-22-18(24)19-9-3-2-4-15(19)11-20-13-19;/h5-8,15,20H,2-4,9-13H2,1H3,(H,21,23)(H,22,24);1H/t15-,19+;/m0./s1. The van der Waals surface area contributed by atoms with Crippen LogP contribution in [-0.4, -0.2) is 38.6 Å². The Morgan fingerprint density at radius 1 is 1.23 bits per heavy atom. The number of hydrogen-bond acceptors (Lipinski definition) is 4. The first-order valence-corrected chi connectivity index (χ1v) is 9.03. The molecule has 1 heterocycles. The predicted molar refractivity (Wildman–Crippen MR) is 102 cm³/mol. The Bertz CT molecular complexity index is 623. The number of methoxy groups -OCH3 is 1. The lowest BCUT2D eigenvalue weighted by Gasteiger charge is -2.37. The molecule has 1 aliphatic heterocycles. The lowest BCUT2D eigenvalue weighted by atomic mass is 9.67. The number of rotatable bonds is 6. The molecule has 0 bridgehead atoms. The first kappa shape index (κ1) is 20.5. The topological polar surface area (TPSA) is 79.5 Å². The second kappa shape index (κ2) is 9.24. The van der Waals surface area contributed by atoms with Crippen molar-refractivity contribution in [3.63, 3.8) is 0 Å². The van der Waals surface area contributed by atoms with E-state index in [2.05, 4.69) is 16.0 Å². The van der Waals surface area contributed by atoms with Crippen molar-refractivity contribution in [2.75, 3.05) is 26.7 Å². The van der Waals surface area contributed by atoms with Crippen molar-refractivity contribution in [2.45, 2.75) is 32.2 Å². The Labute approximate surface area is 160 Å². The molecule has 0 aromatic heterocycles. The molecule has 7 heteroatoms. The van der Waals surface area contributed by atoms with Gasteiger partial charge in [0.2, 0.25) is 11.8 Å². The van der Waals surface area contributed by atoms with Gasteiger partial charge in [0.15, 0.2) is 0 Å². The zero-order valence-corrected chi connectivity index (χ0v) is 16.0. The first-order chi connectivity index (χ1) is 12.1. The Kier molecular flexibility index (Phi) is 7.29. The average Bonchev–Trinajstić information content (AvgIpc) is 3.10. The molecule has 0 radical (unpaired) electrons. The van der Waals surface area contributed by atoms with Gasteiger partial charge in [0.1, 0.15) is 5.75 Å². The molecule has 26 heavy (non-hydrogen) atoms. The monoisotopic (exact) mass is 381 g/mol. The van der Waals surface area contributed by atoms with E-state index in [-0.39, 0.29) is 36.2 Å². The van der Waals surface area contributed by atoms with E-state index < -0.39 is 0 Å². The minimum absolute atomic E-state index is 0. The summed E-state index contributed by atoms with van der Waals surface area (Å²) in [5.41, 5.74) is 0.681. The lowest BCUT2D eigenvalue weighted by molar-refractivity contribution is -0.135. The smallest absolute Gasteiger partial charge is 0.239 e. The summed E-state index contributed by atoms with van der Waals surface area (Å²) in [6.45, 7) is 2.12. The third-order valence-electron chi connectivity index (χ3n) is 5.55. The van der Waals surface area contributed by atoms with Crippen LogP contribution in [0.5, 0.6) is 5.75 Å². The molecule has 2 aliphatic rings. The molecule has 3 rings (SSSR count). The van der Waals surface area contributed by atoms with Crippen LogP contribution in [0.15, 0.2) is 24.3 Å². The molecule has 1 aromatic rings. The molecule has 2 atom stereocenters. The maximum atomic E-state index is 12.7. The molecule has 0 unspecified atom stereocenters. The van der Waals surface area contributed by atoms with Crippen molar-refractivity contribution in [2.24, 2.45) is 11.3 Å². The highest BCUT2D eigenvalue weighted by Gasteiger charge is 2.49. The summed E-state index contributed by atoms with van der Waals surface area (Å²) in [5.74, 6) is 1.05. The summed E-state index contributed by atoms with van der Waals surface area (Å²) in [7, 11) is 1.62. The second-order valence-electron chi connectivity index (χ2n) is 7.04. The molecule has 2 amide bonds. The highest BCUT2D eigenvalue weighted by molar-refractivity contribution is 5.88. The highest BCUT2D eigenvalue weighted by atomic mass is 35.5. The molecule has 0 spiro atoms. The number of halogens is 1. The minimum Gasteiger partial charge on any atom is -0.497 e. The van der Waals surface area contributed by atoms with E-state index >= 15 is 0 Å². The fourth-order valence-corrected chi connectivity index (χ4v) is 4.03. The van der Waals surface area contributed by atoms with Crippen LogP contribution >= 0.6 is 12.4 Å². The van der Waals surface area contributed by atoms with Crippen molar-refractivity contribution in [3.8, 4) is 5.75 Å². The number of fused-ring (bicyclic) bond motifs is 1. The van der Waals surface area contributed by atoms with E-state index in [1.165, 1.54) is 6.42 Å². The zero-order valence-electron chi connectivity index (χ0n) is 15.2. The molecule has 1 aliphatic carbocycles. The second-order valence-corrected chi connectivity index (χ2v) is 7.04. The highest BCUT2D eigenvalue weighted by Crippen LogP contribution is 2.43. The first-order valence-electron chi connectivity index (χ1n) is 9.03. The normalized spacial score (nSPS) is 24.1. The van der Waals surface area contributed by atoms with E-state index in [4.69, 9.17) is 4.74 Å². The average molecular weight is 382 g/mol. The van der Waals surface area contributed by atoms with Gasteiger partial charge in [0.05, 0.1) is 19.1 Å². The van der Waals surface area contributed by atoms with Crippen molar-refractivity contribution in [3.05, 3.63) is 29.8 Å². The minimum atomic E-state index is -0.311. The van der Waals surface area contributed by atoms with Gasteiger partial charge >= 0.3 is 0 Å². The molecule has 6 nitrogen and oxygen atoms in total. The molecular weight excluding hydrogens is 354 g/mol. The van der Waals surface area contributed by atoms with E-state index in [1.807, 2.05) is 24.3 Å². The number of ether oxygens (including phenoxy) is 1. The summed E-state index contributed by atoms with van der Waals surface area (Å²) in [6.07, 6.45) is 4.31. The fourth-order valence-electron chi connectivity index (χ4n) is 4.03. The van der Waals surface area contributed by atoms with Crippen molar-refractivity contribution in [1.82, 2.24) is 16.0 Å². The number of carbonyl (C=O) groups is 2. The molecule has 1 saturated carbocycles. The van der Waals surface area contributed by atoms with Crippen LogP contribution in [0.1, 0.15) is 31.2 Å². The quantitative estimate of drug-likeness (QED) is 0.699. The molecule has 144 valence electrons. The SMILES string of the molecule is COc1ccc(CNC(=O)CNC(=O)[C@@]23CCCC[C@H]2CNC3)cc1.Cl. The van der Waals surface area contributed by atoms with Crippen LogP contribution in [0.2, 0.25) is 0 Å². The number of hydrogen-bond donors (Lipinski definition) is 3. The van der Waals surface area contributed by atoms with Crippen LogP contribution in [0, 0.1) is 11.3 Å². The van der Waals surface area contributed by atoms with Crippen molar-refractivity contribution < 1.29 is 14.3 Å². The molecule has 1 aromatic carbocycles. The van der Waals surface area contributed by atoms with Crippen LogP contribution in [-0.2, 0) is 16.1 Å². The van der Waals surface area contributed by atoms with Crippen molar-refractivity contribution >= 4 is 24.2 Å². The molecule has 1 saturated heterocycles. The maximum absolute atomic E-state index is 12.7. The van der Waals surface area contributed by atoms with E-state index in [0.717, 1.165) is 43.7 Å². The van der Waals surface area contributed by atoms with Gasteiger partial charge < -0.3 is 20.7 Å². The molecule has 3 N–H and O–H groups in total. The van der Waals surface area contributed by atoms with E-state index in [0.29, 0.717) is 12.5 Å². The number of benzene rings is 1. The van der Waals surface area contributed by atoms with Gasteiger partial charge in [-0.2, -0.15) is 0 Å². The molecular formula is C19H28ClN3O3. The van der Waals surface area contributed by atoms with E-state index in [1.54, 1.807) is 7.11 Å². The van der Waals surface area contributed by atoms with Crippen molar-refractivity contribution in [1.29, 1.82) is 0 Å². The van der Waals surface area contributed by atoms with Crippen LogP contribution < -0.4 is 20.7 Å². The Morgan fingerprint density at radius 2 is 2.00 bits per heavy atom. The largest absolute Gasteiger partial charge is 0.497 e. The van der Waals surface area contributed by atoms with Crippen LogP contribution in [0.3, 0.4) is 0 Å². The van der Waals surface area contributed by atoms with Gasteiger partial charge in [-0.15, -0.1) is 12.4 Å². The summed E-state index contributed by atoms with van der Waals surface area (Å²) >= 11 is 0. The predicted octanol–water partition coefficient (Wildman–Crippen LogP) is 1.63. The van der Waals surface area contributed by atoms with Gasteiger partial charge in [0, 0.05) is 13.1 Å². The number of nitrogens with one attached hydrogen (secondary N) is 3. The lowest BCUT2D eigenvalue weighted by Crippen LogP contribution is -2.50. The van der Waals surface area contributed by atoms with Gasteiger partial charge in [-0.05, 0) is 43.0 Å². The summed E-state index contributed by atoms with van der Waals surface area (Å²) < 4.78 is 5.11. The van der Waals surface area contributed by atoms with Gasteiger partial charge in [-0.3, -0.25) is 9.59 Å². The number of carbonyl (C=O) groups excluding carboxylic acids is 2. The van der Waals surface area contributed by atoms with Crippen LogP contribution in [0.25, 0.3) is 0 Å². The van der Waals surface area contributed by atoms with Gasteiger partial charge in [-0.1, -0.05) is 25.0 Å². The van der Waals surface area contributed by atoms with E-state index in [9.17, 15) is 9.59 Å². The third-order valence-corrected chi connectivity index (χ3v) is 5.55. The maximum Gasteiger partial charge on any atom is 0.239 e. The van der Waals surface area contributed by atoms with Gasteiger partial charge in [-0.25, -0.2) is 0 Å². The molecule has 2 fully saturated rings. The number of amides is 2. The Balaban J connectivity index is 0.00000243. The van der Waals surface area contributed by atoms with Crippen LogP contribution in [0.4, 0.5) is 0 Å². The summed E-state index contributed by atoms with van der Waals surface area (Å²) in [5, 5.41) is 9.06. The zero-order chi connectivity index (χ0) is 17.7. The Morgan fingerprint density at radius 3 is 2.73 bits per heavy atom. The Hall–Kier alpha value is -1.79.